The van der Waals surface area contributed by atoms with Gasteiger partial charge in [0.1, 0.15) is 0 Å². The first-order valence-corrected chi connectivity index (χ1v) is 5.79. The molecule has 0 spiro atoms. The van der Waals surface area contributed by atoms with Crippen molar-refractivity contribution in [3.8, 4) is 0 Å². The highest BCUT2D eigenvalue weighted by Gasteiger charge is 2.81. The third-order valence-electron chi connectivity index (χ3n) is 3.21. The Hall–Kier alpha value is -1.43. The molecule has 0 aromatic carbocycles. The van der Waals surface area contributed by atoms with E-state index < -0.39 is 48.2 Å². The summed E-state index contributed by atoms with van der Waals surface area (Å²) in [5.41, 5.74) is -3.84. The van der Waals surface area contributed by atoms with Gasteiger partial charge in [-0.15, -0.1) is 0 Å². The molecule has 3 atom stereocenters. The van der Waals surface area contributed by atoms with Gasteiger partial charge in [-0.3, -0.25) is 0 Å². The summed E-state index contributed by atoms with van der Waals surface area (Å²) >= 11 is 0. The van der Waals surface area contributed by atoms with E-state index in [0.29, 0.717) is 0 Å². The maximum Gasteiger partial charge on any atom is 0.449 e. The summed E-state index contributed by atoms with van der Waals surface area (Å²) in [6.07, 6.45) is -16.7. The topological polar surface area (TPSA) is 55.8 Å². The van der Waals surface area contributed by atoms with E-state index in [-0.39, 0.29) is 13.0 Å². The Morgan fingerprint density at radius 2 is 1.74 bits per heavy atom. The molecular formula is C11H10F8O4. The van der Waals surface area contributed by atoms with Gasteiger partial charge in [0.2, 0.25) is 0 Å². The summed E-state index contributed by atoms with van der Waals surface area (Å²) < 4.78 is 112. The Kier molecular flexibility index (Phi) is 4.52. The van der Waals surface area contributed by atoms with E-state index in [0.717, 1.165) is 0 Å². The number of alkyl halides is 8. The molecule has 134 valence electrons. The SMILES string of the molecule is C=CC(=O)OC1CC(C)(C(F)(F)F)OC(O)(C(F)(F)F)C1(F)F. The van der Waals surface area contributed by atoms with Crippen LogP contribution in [0.15, 0.2) is 12.7 Å². The maximum atomic E-state index is 13.9. The van der Waals surface area contributed by atoms with Gasteiger partial charge < -0.3 is 14.6 Å². The maximum absolute atomic E-state index is 13.9. The third-order valence-corrected chi connectivity index (χ3v) is 3.21. The van der Waals surface area contributed by atoms with Crippen molar-refractivity contribution in [2.75, 3.05) is 0 Å². The molecule has 1 rings (SSSR count). The Balaban J connectivity index is 3.47. The Morgan fingerprint density at radius 3 is 2.09 bits per heavy atom. The monoisotopic (exact) mass is 358 g/mol. The molecule has 0 bridgehead atoms. The van der Waals surface area contributed by atoms with Gasteiger partial charge in [-0.2, -0.15) is 35.1 Å². The van der Waals surface area contributed by atoms with E-state index in [1.165, 1.54) is 0 Å². The fraction of sp³-hybridized carbons (Fsp3) is 0.727. The van der Waals surface area contributed by atoms with Crippen LogP contribution in [0, 0.1) is 0 Å². The van der Waals surface area contributed by atoms with Gasteiger partial charge in [0.05, 0.1) is 0 Å². The molecule has 12 heteroatoms. The average Bonchev–Trinajstić information content (AvgIpc) is 2.33. The summed E-state index contributed by atoms with van der Waals surface area (Å²) in [7, 11) is 0. The second kappa shape index (κ2) is 5.30. The molecule has 1 aliphatic heterocycles. The van der Waals surface area contributed by atoms with Crippen LogP contribution in [-0.4, -0.2) is 46.8 Å². The van der Waals surface area contributed by atoms with Gasteiger partial charge in [0.25, 0.3) is 0 Å². The van der Waals surface area contributed by atoms with Crippen LogP contribution in [0.4, 0.5) is 35.1 Å². The molecular weight excluding hydrogens is 348 g/mol. The molecule has 1 heterocycles. The Labute approximate surface area is 123 Å². The summed E-state index contributed by atoms with van der Waals surface area (Å²) in [6.45, 7) is 2.81. The van der Waals surface area contributed by atoms with Crippen molar-refractivity contribution >= 4 is 5.97 Å². The van der Waals surface area contributed by atoms with Gasteiger partial charge >= 0.3 is 30.0 Å². The van der Waals surface area contributed by atoms with Crippen molar-refractivity contribution in [3.63, 3.8) is 0 Å². The van der Waals surface area contributed by atoms with Crippen LogP contribution in [0.25, 0.3) is 0 Å². The van der Waals surface area contributed by atoms with Gasteiger partial charge in [0.15, 0.2) is 11.7 Å². The molecule has 0 radical (unpaired) electrons. The van der Waals surface area contributed by atoms with E-state index in [2.05, 4.69) is 16.1 Å². The minimum absolute atomic E-state index is 0.0215. The molecule has 3 unspecified atom stereocenters. The molecule has 23 heavy (non-hydrogen) atoms. The van der Waals surface area contributed by atoms with Gasteiger partial charge in [-0.25, -0.2) is 4.79 Å². The average molecular weight is 358 g/mol. The van der Waals surface area contributed by atoms with E-state index in [1.54, 1.807) is 0 Å². The van der Waals surface area contributed by atoms with Crippen LogP contribution in [0.2, 0.25) is 0 Å². The van der Waals surface area contributed by atoms with Crippen molar-refractivity contribution < 1.29 is 54.5 Å². The number of hydrogen-bond donors (Lipinski definition) is 1. The number of esters is 1. The van der Waals surface area contributed by atoms with Gasteiger partial charge in [0, 0.05) is 12.5 Å². The second-order valence-corrected chi connectivity index (χ2v) is 4.93. The zero-order chi connectivity index (χ0) is 18.5. The lowest BCUT2D eigenvalue weighted by atomic mass is 9.85. The van der Waals surface area contributed by atoms with Gasteiger partial charge in [-0.1, -0.05) is 6.58 Å². The highest BCUT2D eigenvalue weighted by molar-refractivity contribution is 5.81. The number of ether oxygens (including phenoxy) is 2. The van der Waals surface area contributed by atoms with Crippen molar-refractivity contribution in [3.05, 3.63) is 12.7 Å². The highest BCUT2D eigenvalue weighted by Crippen LogP contribution is 2.56. The minimum Gasteiger partial charge on any atom is -0.452 e. The molecule has 0 saturated carbocycles. The van der Waals surface area contributed by atoms with Crippen LogP contribution in [0.1, 0.15) is 13.3 Å². The van der Waals surface area contributed by atoms with Crippen molar-refractivity contribution in [1.82, 2.24) is 0 Å². The fourth-order valence-corrected chi connectivity index (χ4v) is 1.86. The van der Waals surface area contributed by atoms with Crippen LogP contribution >= 0.6 is 0 Å². The zero-order valence-electron chi connectivity index (χ0n) is 11.3. The number of aliphatic hydroxyl groups is 1. The smallest absolute Gasteiger partial charge is 0.449 e. The number of halogens is 8. The molecule has 0 amide bonds. The molecule has 0 aromatic rings. The number of carbonyl (C=O) groups is 1. The highest BCUT2D eigenvalue weighted by atomic mass is 19.4. The summed E-state index contributed by atoms with van der Waals surface area (Å²) in [4.78, 5) is 10.9. The third kappa shape index (κ3) is 3.01. The molecule has 4 nitrogen and oxygen atoms in total. The quantitative estimate of drug-likeness (QED) is 0.469. The van der Waals surface area contributed by atoms with Crippen LogP contribution < -0.4 is 0 Å². The van der Waals surface area contributed by atoms with Crippen molar-refractivity contribution in [2.24, 2.45) is 0 Å². The lowest BCUT2D eigenvalue weighted by Gasteiger charge is -2.50. The van der Waals surface area contributed by atoms with Crippen molar-refractivity contribution in [1.29, 1.82) is 0 Å². The van der Waals surface area contributed by atoms with Crippen LogP contribution in [0.3, 0.4) is 0 Å². The van der Waals surface area contributed by atoms with Crippen LogP contribution in [0.5, 0.6) is 0 Å². The molecule has 1 fully saturated rings. The van der Waals surface area contributed by atoms with E-state index in [1.807, 2.05) is 0 Å². The van der Waals surface area contributed by atoms with E-state index in [9.17, 15) is 45.0 Å². The molecule has 1 aliphatic rings. The van der Waals surface area contributed by atoms with Gasteiger partial charge in [-0.05, 0) is 6.92 Å². The first-order valence-electron chi connectivity index (χ1n) is 5.79. The predicted octanol–water partition coefficient (Wildman–Crippen LogP) is 2.71. The zero-order valence-corrected chi connectivity index (χ0v) is 11.3. The Morgan fingerprint density at radius 1 is 1.26 bits per heavy atom. The molecule has 0 aliphatic carbocycles. The first-order chi connectivity index (χ1) is 10.0. The molecule has 0 aromatic heterocycles. The molecule has 1 N–H and O–H groups in total. The number of carbonyl (C=O) groups excluding carboxylic acids is 1. The lowest BCUT2D eigenvalue weighted by molar-refractivity contribution is -0.501. The normalized spacial score (nSPS) is 34.8. The van der Waals surface area contributed by atoms with Crippen molar-refractivity contribution in [2.45, 2.75) is 49.1 Å². The minimum atomic E-state index is -6.30. The number of hydrogen-bond acceptors (Lipinski definition) is 4. The van der Waals surface area contributed by atoms with E-state index >= 15 is 0 Å². The summed E-state index contributed by atoms with van der Waals surface area (Å²) in [6, 6.07) is 0. The first kappa shape index (κ1) is 19.6. The summed E-state index contributed by atoms with van der Waals surface area (Å²) in [5, 5.41) is 9.18. The standard InChI is InChI=1S/C11H10F8O4/c1-3-6(20)22-5-4-7(2,10(14,15)16)23-9(21,8(5,12)13)11(17,18)19/h3,5,21H,1,4H2,2H3. The van der Waals surface area contributed by atoms with E-state index in [4.69, 9.17) is 0 Å². The predicted molar refractivity (Wildman–Crippen MR) is 56.2 cm³/mol. The fourth-order valence-electron chi connectivity index (χ4n) is 1.86. The summed E-state index contributed by atoms with van der Waals surface area (Å²) in [5.74, 6) is -12.6. The lowest BCUT2D eigenvalue weighted by Crippen LogP contribution is -2.74. The Bertz CT molecular complexity index is 499. The largest absolute Gasteiger partial charge is 0.452 e. The van der Waals surface area contributed by atoms with Crippen LogP contribution in [-0.2, 0) is 14.3 Å². The molecule has 1 saturated heterocycles. The number of rotatable bonds is 2. The second-order valence-electron chi connectivity index (χ2n) is 4.93.